The lowest BCUT2D eigenvalue weighted by Gasteiger charge is -2.25. The number of amides is 1. The van der Waals surface area contributed by atoms with Crippen LogP contribution in [-0.2, 0) is 11.2 Å². The Hall–Kier alpha value is -1.51. The third kappa shape index (κ3) is 4.26. The van der Waals surface area contributed by atoms with Gasteiger partial charge in [-0.05, 0) is 43.9 Å². The second kappa shape index (κ2) is 7.32. The molecule has 0 aliphatic heterocycles. The molecular formula is C17H26N2O. The van der Waals surface area contributed by atoms with Gasteiger partial charge < -0.3 is 10.6 Å². The van der Waals surface area contributed by atoms with Crippen molar-refractivity contribution in [2.75, 3.05) is 5.32 Å². The molecule has 0 unspecified atom stereocenters. The average Bonchev–Trinajstić information content (AvgIpc) is 2.49. The monoisotopic (exact) mass is 274 g/mol. The fourth-order valence-electron chi connectivity index (χ4n) is 2.73. The smallest absolute Gasteiger partial charge is 0.242 e. The predicted octanol–water partition coefficient (Wildman–Crippen LogP) is 3.50. The normalized spacial score (nSPS) is 17.5. The number of aryl methyl sites for hydroxylation is 1. The first-order valence-electron chi connectivity index (χ1n) is 7.85. The van der Waals surface area contributed by atoms with Gasteiger partial charge in [0.15, 0.2) is 0 Å². The van der Waals surface area contributed by atoms with E-state index in [1.807, 2.05) is 19.1 Å². The van der Waals surface area contributed by atoms with Crippen LogP contribution in [0.3, 0.4) is 0 Å². The molecule has 2 rings (SSSR count). The number of carbonyl (C=O) groups excluding carboxylic acids is 1. The molecule has 0 spiro atoms. The van der Waals surface area contributed by atoms with Crippen LogP contribution in [0.25, 0.3) is 0 Å². The Labute approximate surface area is 122 Å². The number of benzene rings is 1. The Morgan fingerprint density at radius 3 is 2.45 bits per heavy atom. The third-order valence-corrected chi connectivity index (χ3v) is 4.09. The van der Waals surface area contributed by atoms with Gasteiger partial charge in [0.2, 0.25) is 5.91 Å². The van der Waals surface area contributed by atoms with Crippen molar-refractivity contribution in [2.24, 2.45) is 0 Å². The van der Waals surface area contributed by atoms with Crippen LogP contribution >= 0.6 is 0 Å². The van der Waals surface area contributed by atoms with E-state index in [4.69, 9.17) is 0 Å². The number of anilines is 1. The van der Waals surface area contributed by atoms with Gasteiger partial charge >= 0.3 is 0 Å². The highest BCUT2D eigenvalue weighted by Gasteiger charge is 2.19. The summed E-state index contributed by atoms with van der Waals surface area (Å²) in [6.07, 6.45) is 7.09. The molecule has 1 aromatic rings. The Balaban J connectivity index is 1.83. The SMILES string of the molecule is CCc1ccc(N[C@H](C)C(=O)NC2CCCCC2)cc1. The lowest BCUT2D eigenvalue weighted by molar-refractivity contribution is -0.122. The Bertz CT molecular complexity index is 421. The van der Waals surface area contributed by atoms with Crippen molar-refractivity contribution in [1.82, 2.24) is 5.32 Å². The highest BCUT2D eigenvalue weighted by molar-refractivity contribution is 5.84. The summed E-state index contributed by atoms with van der Waals surface area (Å²) in [6.45, 7) is 4.06. The predicted molar refractivity (Wildman–Crippen MR) is 83.9 cm³/mol. The van der Waals surface area contributed by atoms with Crippen LogP contribution in [0.5, 0.6) is 0 Å². The largest absolute Gasteiger partial charge is 0.374 e. The minimum Gasteiger partial charge on any atom is -0.374 e. The van der Waals surface area contributed by atoms with E-state index < -0.39 is 0 Å². The first-order valence-corrected chi connectivity index (χ1v) is 7.85. The minimum atomic E-state index is -0.190. The van der Waals surface area contributed by atoms with E-state index in [9.17, 15) is 4.79 Å². The van der Waals surface area contributed by atoms with Crippen molar-refractivity contribution in [1.29, 1.82) is 0 Å². The zero-order valence-corrected chi connectivity index (χ0v) is 12.6. The lowest BCUT2D eigenvalue weighted by atomic mass is 9.95. The Morgan fingerprint density at radius 2 is 1.85 bits per heavy atom. The second-order valence-corrected chi connectivity index (χ2v) is 5.76. The van der Waals surface area contributed by atoms with Crippen LogP contribution in [0.2, 0.25) is 0 Å². The molecule has 0 bridgehead atoms. The summed E-state index contributed by atoms with van der Waals surface area (Å²) < 4.78 is 0. The molecule has 0 aromatic heterocycles. The van der Waals surface area contributed by atoms with Gasteiger partial charge in [-0.15, -0.1) is 0 Å². The molecule has 1 atom stereocenters. The number of carbonyl (C=O) groups is 1. The summed E-state index contributed by atoms with van der Waals surface area (Å²) >= 11 is 0. The molecule has 20 heavy (non-hydrogen) atoms. The molecule has 0 heterocycles. The second-order valence-electron chi connectivity index (χ2n) is 5.76. The summed E-state index contributed by atoms with van der Waals surface area (Å²) in [6, 6.07) is 8.49. The zero-order valence-electron chi connectivity index (χ0n) is 12.6. The topological polar surface area (TPSA) is 41.1 Å². The van der Waals surface area contributed by atoms with Gasteiger partial charge in [0.05, 0.1) is 0 Å². The number of hydrogen-bond donors (Lipinski definition) is 2. The fourth-order valence-corrected chi connectivity index (χ4v) is 2.73. The van der Waals surface area contributed by atoms with Crippen LogP contribution in [0.15, 0.2) is 24.3 Å². The summed E-state index contributed by atoms with van der Waals surface area (Å²) in [5.74, 6) is 0.108. The third-order valence-electron chi connectivity index (χ3n) is 4.09. The molecule has 1 fully saturated rings. The molecule has 1 amide bonds. The van der Waals surface area contributed by atoms with Gasteiger partial charge in [0, 0.05) is 11.7 Å². The van der Waals surface area contributed by atoms with Crippen molar-refractivity contribution in [3.63, 3.8) is 0 Å². The first kappa shape index (κ1) is 14.9. The molecular weight excluding hydrogens is 248 g/mol. The van der Waals surface area contributed by atoms with E-state index in [1.54, 1.807) is 0 Å². The first-order chi connectivity index (χ1) is 9.69. The molecule has 3 nitrogen and oxygen atoms in total. The highest BCUT2D eigenvalue weighted by Crippen LogP contribution is 2.17. The Morgan fingerprint density at radius 1 is 1.20 bits per heavy atom. The molecule has 0 radical (unpaired) electrons. The fraction of sp³-hybridized carbons (Fsp3) is 0.588. The van der Waals surface area contributed by atoms with Gasteiger partial charge in [0.1, 0.15) is 6.04 Å². The molecule has 1 aromatic carbocycles. The van der Waals surface area contributed by atoms with Gasteiger partial charge in [-0.2, -0.15) is 0 Å². The molecule has 2 N–H and O–H groups in total. The number of rotatable bonds is 5. The van der Waals surface area contributed by atoms with E-state index in [2.05, 4.69) is 29.7 Å². The van der Waals surface area contributed by atoms with Gasteiger partial charge in [-0.25, -0.2) is 0 Å². The molecule has 1 aliphatic rings. The maximum absolute atomic E-state index is 12.2. The zero-order chi connectivity index (χ0) is 14.4. The van der Waals surface area contributed by atoms with E-state index in [1.165, 1.54) is 24.8 Å². The van der Waals surface area contributed by atoms with Crippen LogP contribution in [0.4, 0.5) is 5.69 Å². The van der Waals surface area contributed by atoms with Crippen molar-refractivity contribution >= 4 is 11.6 Å². The average molecular weight is 274 g/mol. The van der Waals surface area contributed by atoms with Crippen molar-refractivity contribution in [2.45, 2.75) is 64.5 Å². The van der Waals surface area contributed by atoms with Crippen molar-refractivity contribution in [3.05, 3.63) is 29.8 Å². The molecule has 3 heteroatoms. The van der Waals surface area contributed by atoms with Crippen molar-refractivity contribution in [3.8, 4) is 0 Å². The lowest BCUT2D eigenvalue weighted by Crippen LogP contribution is -2.43. The van der Waals surface area contributed by atoms with E-state index in [0.29, 0.717) is 6.04 Å². The van der Waals surface area contributed by atoms with Crippen LogP contribution < -0.4 is 10.6 Å². The molecule has 1 aliphatic carbocycles. The van der Waals surface area contributed by atoms with Crippen molar-refractivity contribution < 1.29 is 4.79 Å². The summed E-state index contributed by atoms with van der Waals surface area (Å²) in [7, 11) is 0. The molecule has 0 saturated heterocycles. The number of hydrogen-bond acceptors (Lipinski definition) is 2. The summed E-state index contributed by atoms with van der Waals surface area (Å²) in [4.78, 5) is 12.2. The summed E-state index contributed by atoms with van der Waals surface area (Å²) in [5, 5.41) is 6.43. The maximum Gasteiger partial charge on any atom is 0.242 e. The quantitative estimate of drug-likeness (QED) is 0.863. The standard InChI is InChI=1S/C17H26N2O/c1-3-14-9-11-16(12-10-14)18-13(2)17(20)19-15-7-5-4-6-8-15/h9-13,15,18H,3-8H2,1-2H3,(H,19,20)/t13-/m1/s1. The van der Waals surface area contributed by atoms with Gasteiger partial charge in [-0.3, -0.25) is 4.79 Å². The highest BCUT2D eigenvalue weighted by atomic mass is 16.2. The molecule has 1 saturated carbocycles. The van der Waals surface area contributed by atoms with Crippen LogP contribution in [0, 0.1) is 0 Å². The van der Waals surface area contributed by atoms with E-state index in [-0.39, 0.29) is 11.9 Å². The minimum absolute atomic E-state index is 0.108. The number of nitrogens with one attached hydrogen (secondary N) is 2. The van der Waals surface area contributed by atoms with E-state index in [0.717, 1.165) is 24.9 Å². The molecule has 110 valence electrons. The van der Waals surface area contributed by atoms with Gasteiger partial charge in [-0.1, -0.05) is 38.3 Å². The van der Waals surface area contributed by atoms with Gasteiger partial charge in [0.25, 0.3) is 0 Å². The Kier molecular flexibility index (Phi) is 5.45. The van der Waals surface area contributed by atoms with Crippen LogP contribution in [0.1, 0.15) is 51.5 Å². The maximum atomic E-state index is 12.2. The van der Waals surface area contributed by atoms with Crippen LogP contribution in [-0.4, -0.2) is 18.0 Å². The van der Waals surface area contributed by atoms with E-state index >= 15 is 0 Å². The summed E-state index contributed by atoms with van der Waals surface area (Å²) in [5.41, 5.74) is 2.32.